The van der Waals surface area contributed by atoms with Crippen molar-refractivity contribution in [2.45, 2.75) is 12.0 Å². The maximum atomic E-state index is 12.3. The van der Waals surface area contributed by atoms with Gasteiger partial charge in [0.1, 0.15) is 5.75 Å². The topological polar surface area (TPSA) is 75.6 Å². The molecule has 21 heavy (non-hydrogen) atoms. The van der Waals surface area contributed by atoms with E-state index in [0.717, 1.165) is 5.56 Å². The molecule has 1 fully saturated rings. The number of phenolic OH excluding ortho intramolecular Hbond substituents is 1. The summed E-state index contributed by atoms with van der Waals surface area (Å²) in [6.07, 6.45) is -0.544. The third kappa shape index (κ3) is 2.33. The number of carbonyl (C=O) groups is 2. The summed E-state index contributed by atoms with van der Waals surface area (Å²) in [7, 11) is 0. The van der Waals surface area contributed by atoms with E-state index in [0.29, 0.717) is 5.56 Å². The molecule has 5 heteroatoms. The Morgan fingerprint density at radius 3 is 2.24 bits per heavy atom. The largest absolute Gasteiger partial charge is 0.508 e. The van der Waals surface area contributed by atoms with Crippen molar-refractivity contribution in [1.82, 2.24) is 5.32 Å². The lowest BCUT2D eigenvalue weighted by atomic mass is 9.86. The summed E-state index contributed by atoms with van der Waals surface area (Å²) in [5.74, 6) is -0.341. The van der Waals surface area contributed by atoms with Gasteiger partial charge in [-0.25, -0.2) is 4.79 Å². The van der Waals surface area contributed by atoms with Gasteiger partial charge >= 0.3 is 6.09 Å². The van der Waals surface area contributed by atoms with Crippen molar-refractivity contribution < 1.29 is 19.4 Å². The molecule has 1 unspecified atom stereocenters. The summed E-state index contributed by atoms with van der Waals surface area (Å²) < 4.78 is 5.32. The molecule has 1 aliphatic rings. The highest BCUT2D eigenvalue weighted by atomic mass is 16.6. The standard InChI is InChI=1S/C16H13NO4/c18-13-8-6-11(7-9-13)10-16(12-4-2-1-3-5-12)14(19)17-15(20)21-16/h1-9,18H,10H2,(H,17,19,20). The molecule has 0 bridgehead atoms. The van der Waals surface area contributed by atoms with Gasteiger partial charge in [0.2, 0.25) is 5.60 Å². The van der Waals surface area contributed by atoms with Crippen LogP contribution < -0.4 is 5.32 Å². The predicted octanol–water partition coefficient (Wildman–Crippen LogP) is 2.10. The maximum Gasteiger partial charge on any atom is 0.415 e. The first-order chi connectivity index (χ1) is 10.1. The van der Waals surface area contributed by atoms with Crippen LogP contribution in [0.5, 0.6) is 5.75 Å². The summed E-state index contributed by atoms with van der Waals surface area (Å²) in [5, 5.41) is 11.5. The van der Waals surface area contributed by atoms with Crippen LogP contribution in [0, 0.1) is 0 Å². The number of phenols is 1. The predicted molar refractivity (Wildman–Crippen MR) is 74.6 cm³/mol. The number of amides is 2. The SMILES string of the molecule is O=C1NC(=O)C(Cc2ccc(O)cc2)(c2ccccc2)O1. The molecular formula is C16H13NO4. The Kier molecular flexibility index (Phi) is 3.10. The zero-order valence-corrected chi connectivity index (χ0v) is 11.1. The van der Waals surface area contributed by atoms with Gasteiger partial charge in [-0.1, -0.05) is 42.5 Å². The van der Waals surface area contributed by atoms with E-state index in [1.165, 1.54) is 12.1 Å². The fraction of sp³-hybridized carbons (Fsp3) is 0.125. The highest BCUT2D eigenvalue weighted by Gasteiger charge is 2.50. The Bertz CT molecular complexity index is 681. The molecule has 1 aliphatic heterocycles. The molecule has 1 atom stereocenters. The van der Waals surface area contributed by atoms with Crippen LogP contribution in [0.25, 0.3) is 0 Å². The molecule has 0 saturated carbocycles. The average Bonchev–Trinajstić information content (AvgIpc) is 2.77. The Morgan fingerprint density at radius 2 is 1.67 bits per heavy atom. The first-order valence-corrected chi connectivity index (χ1v) is 6.48. The van der Waals surface area contributed by atoms with Crippen LogP contribution in [0.2, 0.25) is 0 Å². The molecule has 2 aromatic carbocycles. The molecular weight excluding hydrogens is 270 g/mol. The van der Waals surface area contributed by atoms with E-state index in [1.807, 2.05) is 6.07 Å². The molecule has 5 nitrogen and oxygen atoms in total. The number of aromatic hydroxyl groups is 1. The molecule has 2 aromatic rings. The van der Waals surface area contributed by atoms with E-state index < -0.39 is 17.6 Å². The summed E-state index contributed by atoms with van der Waals surface area (Å²) in [6.45, 7) is 0. The second-order valence-electron chi connectivity index (χ2n) is 4.88. The third-order valence-electron chi connectivity index (χ3n) is 3.48. The Balaban J connectivity index is 2.03. The fourth-order valence-electron chi connectivity index (χ4n) is 2.44. The number of hydrogen-bond acceptors (Lipinski definition) is 4. The van der Waals surface area contributed by atoms with E-state index in [-0.39, 0.29) is 12.2 Å². The molecule has 1 heterocycles. The van der Waals surface area contributed by atoms with Crippen LogP contribution in [-0.2, 0) is 21.6 Å². The molecule has 2 amide bonds. The van der Waals surface area contributed by atoms with Gasteiger partial charge in [0.25, 0.3) is 5.91 Å². The van der Waals surface area contributed by atoms with Gasteiger partial charge in [-0.2, -0.15) is 0 Å². The summed E-state index contributed by atoms with van der Waals surface area (Å²) in [4.78, 5) is 23.8. The Labute approximate surface area is 121 Å². The minimum Gasteiger partial charge on any atom is -0.508 e. The third-order valence-corrected chi connectivity index (χ3v) is 3.48. The quantitative estimate of drug-likeness (QED) is 0.904. The number of imide groups is 1. The number of alkyl carbamates (subject to hydrolysis) is 1. The molecule has 2 N–H and O–H groups in total. The zero-order chi connectivity index (χ0) is 14.9. The Hall–Kier alpha value is -2.82. The van der Waals surface area contributed by atoms with Crippen LogP contribution in [0.4, 0.5) is 4.79 Å². The van der Waals surface area contributed by atoms with Gasteiger partial charge in [0.15, 0.2) is 0 Å². The van der Waals surface area contributed by atoms with E-state index >= 15 is 0 Å². The van der Waals surface area contributed by atoms with E-state index in [9.17, 15) is 14.7 Å². The van der Waals surface area contributed by atoms with Crippen molar-refractivity contribution in [2.24, 2.45) is 0 Å². The number of carbonyl (C=O) groups excluding carboxylic acids is 2. The molecule has 0 radical (unpaired) electrons. The minimum absolute atomic E-state index is 0.139. The lowest BCUT2D eigenvalue weighted by Gasteiger charge is -2.25. The van der Waals surface area contributed by atoms with Crippen LogP contribution in [-0.4, -0.2) is 17.1 Å². The summed E-state index contributed by atoms with van der Waals surface area (Å²) in [5.41, 5.74) is 0.0258. The van der Waals surface area contributed by atoms with Crippen LogP contribution >= 0.6 is 0 Å². The van der Waals surface area contributed by atoms with Crippen LogP contribution in [0.1, 0.15) is 11.1 Å². The first kappa shape index (κ1) is 13.2. The van der Waals surface area contributed by atoms with Crippen molar-refractivity contribution in [3.05, 3.63) is 65.7 Å². The number of nitrogens with one attached hydrogen (secondary N) is 1. The lowest BCUT2D eigenvalue weighted by molar-refractivity contribution is -0.132. The van der Waals surface area contributed by atoms with Crippen molar-refractivity contribution in [3.63, 3.8) is 0 Å². The van der Waals surface area contributed by atoms with Gasteiger partial charge < -0.3 is 9.84 Å². The minimum atomic E-state index is -1.37. The van der Waals surface area contributed by atoms with E-state index in [4.69, 9.17) is 4.74 Å². The molecule has 106 valence electrons. The number of cyclic esters (lactones) is 1. The average molecular weight is 283 g/mol. The van der Waals surface area contributed by atoms with Crippen molar-refractivity contribution in [1.29, 1.82) is 0 Å². The van der Waals surface area contributed by atoms with Crippen molar-refractivity contribution in [2.75, 3.05) is 0 Å². The van der Waals surface area contributed by atoms with Crippen molar-refractivity contribution in [3.8, 4) is 5.75 Å². The second-order valence-corrected chi connectivity index (χ2v) is 4.88. The van der Waals surface area contributed by atoms with E-state index in [2.05, 4.69) is 5.32 Å². The van der Waals surface area contributed by atoms with Gasteiger partial charge in [0.05, 0.1) is 0 Å². The Morgan fingerprint density at radius 1 is 1.00 bits per heavy atom. The number of rotatable bonds is 3. The smallest absolute Gasteiger partial charge is 0.415 e. The number of hydrogen-bond donors (Lipinski definition) is 2. The molecule has 0 spiro atoms. The monoisotopic (exact) mass is 283 g/mol. The molecule has 3 rings (SSSR count). The van der Waals surface area contributed by atoms with E-state index in [1.54, 1.807) is 36.4 Å². The zero-order valence-electron chi connectivity index (χ0n) is 11.1. The van der Waals surface area contributed by atoms with Gasteiger partial charge in [-0.3, -0.25) is 10.1 Å². The van der Waals surface area contributed by atoms with Crippen LogP contribution in [0.15, 0.2) is 54.6 Å². The highest BCUT2D eigenvalue weighted by molar-refractivity contribution is 6.03. The molecule has 1 saturated heterocycles. The number of ether oxygens (including phenoxy) is 1. The summed E-state index contributed by atoms with van der Waals surface area (Å²) in [6, 6.07) is 15.3. The lowest BCUT2D eigenvalue weighted by Crippen LogP contribution is -2.38. The summed E-state index contributed by atoms with van der Waals surface area (Å²) >= 11 is 0. The molecule has 0 aliphatic carbocycles. The van der Waals surface area contributed by atoms with Crippen molar-refractivity contribution >= 4 is 12.0 Å². The first-order valence-electron chi connectivity index (χ1n) is 6.48. The molecule has 0 aromatic heterocycles. The van der Waals surface area contributed by atoms with Gasteiger partial charge in [-0.05, 0) is 17.7 Å². The number of benzene rings is 2. The maximum absolute atomic E-state index is 12.3. The van der Waals surface area contributed by atoms with Crippen LogP contribution in [0.3, 0.4) is 0 Å². The highest BCUT2D eigenvalue weighted by Crippen LogP contribution is 2.34. The van der Waals surface area contributed by atoms with Gasteiger partial charge in [0, 0.05) is 12.0 Å². The van der Waals surface area contributed by atoms with Gasteiger partial charge in [-0.15, -0.1) is 0 Å². The second kappa shape index (κ2) is 4.94. The normalized spacial score (nSPS) is 21.0. The fourth-order valence-corrected chi connectivity index (χ4v) is 2.44.